The molecule has 0 saturated carbocycles. The van der Waals surface area contributed by atoms with Crippen LogP contribution in [0.2, 0.25) is 0 Å². The van der Waals surface area contributed by atoms with Crippen LogP contribution < -0.4 is 4.74 Å². The summed E-state index contributed by atoms with van der Waals surface area (Å²) in [5.41, 5.74) is 4.16. The first-order valence-corrected chi connectivity index (χ1v) is 8.97. The van der Waals surface area contributed by atoms with E-state index in [0.717, 1.165) is 66.4 Å². The molecule has 5 nitrogen and oxygen atoms in total. The van der Waals surface area contributed by atoms with Crippen molar-refractivity contribution in [1.29, 1.82) is 0 Å². The average Bonchev–Trinajstić information content (AvgIpc) is 2.97. The predicted octanol–water partition coefficient (Wildman–Crippen LogP) is 3.48. The number of aliphatic hydroxyl groups excluding tert-OH is 1. The van der Waals surface area contributed by atoms with E-state index in [1.807, 2.05) is 26.8 Å². The summed E-state index contributed by atoms with van der Waals surface area (Å²) in [5.74, 6) is 2.81. The number of benzene rings is 1. The van der Waals surface area contributed by atoms with Crippen molar-refractivity contribution in [3.05, 3.63) is 34.7 Å². The smallest absolute Gasteiger partial charge is 0.226 e. The van der Waals surface area contributed by atoms with Crippen LogP contribution in [0, 0.1) is 26.7 Å². The minimum Gasteiger partial charge on any atom is -0.496 e. The largest absolute Gasteiger partial charge is 0.496 e. The van der Waals surface area contributed by atoms with E-state index in [4.69, 9.17) is 14.1 Å². The quantitative estimate of drug-likeness (QED) is 0.900. The molecule has 1 aromatic carbocycles. The molecule has 0 spiro atoms. The zero-order chi connectivity index (χ0) is 18.0. The van der Waals surface area contributed by atoms with Crippen molar-refractivity contribution in [3.63, 3.8) is 0 Å². The van der Waals surface area contributed by atoms with E-state index in [2.05, 4.69) is 11.0 Å². The van der Waals surface area contributed by atoms with Crippen LogP contribution in [0.5, 0.6) is 5.75 Å². The van der Waals surface area contributed by atoms with Crippen LogP contribution in [-0.4, -0.2) is 41.8 Å². The Morgan fingerprint density at radius 2 is 2.08 bits per heavy atom. The van der Waals surface area contributed by atoms with Crippen molar-refractivity contribution >= 4 is 0 Å². The van der Waals surface area contributed by atoms with Crippen molar-refractivity contribution in [2.75, 3.05) is 26.8 Å². The van der Waals surface area contributed by atoms with Gasteiger partial charge in [-0.3, -0.25) is 4.90 Å². The number of rotatable bonds is 5. The predicted molar refractivity (Wildman–Crippen MR) is 97.8 cm³/mol. The van der Waals surface area contributed by atoms with Crippen molar-refractivity contribution in [1.82, 2.24) is 9.88 Å². The van der Waals surface area contributed by atoms with Crippen LogP contribution in [0.1, 0.15) is 35.4 Å². The molecular formula is C20H28N2O3. The molecule has 1 aliphatic heterocycles. The number of aryl methyl sites for hydroxylation is 3. The molecule has 25 heavy (non-hydrogen) atoms. The van der Waals surface area contributed by atoms with E-state index < -0.39 is 0 Å². The van der Waals surface area contributed by atoms with Gasteiger partial charge in [0, 0.05) is 25.3 Å². The minimum absolute atomic E-state index is 0.268. The van der Waals surface area contributed by atoms with Gasteiger partial charge in [-0.2, -0.15) is 0 Å². The summed E-state index contributed by atoms with van der Waals surface area (Å²) in [6.07, 6.45) is 2.24. The number of hydrogen-bond donors (Lipinski definition) is 1. The molecule has 5 heteroatoms. The van der Waals surface area contributed by atoms with Crippen LogP contribution in [-0.2, 0) is 6.54 Å². The van der Waals surface area contributed by atoms with Crippen LogP contribution in [0.15, 0.2) is 16.5 Å². The Balaban J connectivity index is 1.82. The Morgan fingerprint density at radius 3 is 2.80 bits per heavy atom. The third-order valence-electron chi connectivity index (χ3n) is 5.10. The molecule has 1 atom stereocenters. The normalized spacial score (nSPS) is 18.5. The summed E-state index contributed by atoms with van der Waals surface area (Å²) in [5, 5.41) is 9.41. The molecule has 1 N–H and O–H groups in total. The van der Waals surface area contributed by atoms with Gasteiger partial charge in [0.25, 0.3) is 0 Å². The van der Waals surface area contributed by atoms with Gasteiger partial charge in [-0.1, -0.05) is 0 Å². The molecule has 0 bridgehead atoms. The maximum absolute atomic E-state index is 9.41. The first-order chi connectivity index (χ1) is 12.0. The molecular weight excluding hydrogens is 316 g/mol. The summed E-state index contributed by atoms with van der Waals surface area (Å²) < 4.78 is 11.4. The molecule has 0 amide bonds. The number of likely N-dealkylation sites (tertiary alicyclic amines) is 1. The third-order valence-corrected chi connectivity index (χ3v) is 5.10. The van der Waals surface area contributed by atoms with E-state index in [-0.39, 0.29) is 6.61 Å². The van der Waals surface area contributed by atoms with Crippen molar-refractivity contribution in [3.8, 4) is 17.2 Å². The Bertz CT molecular complexity index is 739. The fourth-order valence-electron chi connectivity index (χ4n) is 3.59. The molecule has 0 radical (unpaired) electrons. The average molecular weight is 344 g/mol. The third kappa shape index (κ3) is 3.88. The molecule has 2 heterocycles. The van der Waals surface area contributed by atoms with Gasteiger partial charge in [0.2, 0.25) is 5.89 Å². The highest BCUT2D eigenvalue weighted by molar-refractivity contribution is 5.62. The molecule has 1 aromatic heterocycles. The van der Waals surface area contributed by atoms with E-state index in [9.17, 15) is 5.11 Å². The fraction of sp³-hybridized carbons (Fsp3) is 0.550. The summed E-state index contributed by atoms with van der Waals surface area (Å²) >= 11 is 0. The summed E-state index contributed by atoms with van der Waals surface area (Å²) in [7, 11) is 1.69. The van der Waals surface area contributed by atoms with Crippen molar-refractivity contribution in [2.45, 2.75) is 40.2 Å². The highest BCUT2D eigenvalue weighted by atomic mass is 16.5. The zero-order valence-electron chi connectivity index (χ0n) is 15.6. The number of piperidine rings is 1. The number of oxazole rings is 1. The topological polar surface area (TPSA) is 58.7 Å². The zero-order valence-corrected chi connectivity index (χ0v) is 15.6. The van der Waals surface area contributed by atoms with Gasteiger partial charge in [0.1, 0.15) is 11.5 Å². The highest BCUT2D eigenvalue weighted by Crippen LogP contribution is 2.31. The maximum Gasteiger partial charge on any atom is 0.226 e. The first kappa shape index (κ1) is 18.0. The molecule has 0 aliphatic carbocycles. The molecule has 1 saturated heterocycles. The van der Waals surface area contributed by atoms with Crippen LogP contribution in [0.25, 0.3) is 11.5 Å². The fourth-order valence-corrected chi connectivity index (χ4v) is 3.59. The van der Waals surface area contributed by atoms with Crippen molar-refractivity contribution in [2.24, 2.45) is 5.92 Å². The second-order valence-electron chi connectivity index (χ2n) is 7.08. The number of hydrogen-bond acceptors (Lipinski definition) is 5. The number of aliphatic hydroxyl groups is 1. The van der Waals surface area contributed by atoms with E-state index >= 15 is 0 Å². The Labute approximate surface area is 149 Å². The van der Waals surface area contributed by atoms with E-state index in [0.29, 0.717) is 11.8 Å². The highest BCUT2D eigenvalue weighted by Gasteiger charge is 2.22. The lowest BCUT2D eigenvalue weighted by Gasteiger charge is -2.31. The van der Waals surface area contributed by atoms with Crippen molar-refractivity contribution < 1.29 is 14.3 Å². The van der Waals surface area contributed by atoms with Gasteiger partial charge in [0.15, 0.2) is 0 Å². The molecule has 1 fully saturated rings. The van der Waals surface area contributed by atoms with Gasteiger partial charge < -0.3 is 14.3 Å². The Kier molecular flexibility index (Phi) is 5.45. The monoisotopic (exact) mass is 344 g/mol. The molecule has 1 aliphatic rings. The van der Waals surface area contributed by atoms with Crippen LogP contribution >= 0.6 is 0 Å². The van der Waals surface area contributed by atoms with E-state index in [1.54, 1.807) is 7.11 Å². The number of aromatic nitrogens is 1. The van der Waals surface area contributed by atoms with Gasteiger partial charge in [-0.15, -0.1) is 0 Å². The van der Waals surface area contributed by atoms with E-state index in [1.165, 1.54) is 0 Å². The second-order valence-corrected chi connectivity index (χ2v) is 7.08. The molecule has 136 valence electrons. The van der Waals surface area contributed by atoms with Crippen LogP contribution in [0.3, 0.4) is 0 Å². The van der Waals surface area contributed by atoms with Gasteiger partial charge in [0.05, 0.1) is 12.8 Å². The van der Waals surface area contributed by atoms with Crippen LogP contribution in [0.4, 0.5) is 0 Å². The number of nitrogens with zero attached hydrogens (tertiary/aromatic N) is 2. The standard InChI is InChI=1S/C20H28N2O3/c1-13-9-19(24-4)14(2)8-17(13)20-21-18(15(3)25-20)11-22-7-5-6-16(10-22)12-23/h8-9,16,23H,5-7,10-12H2,1-4H3/t16-/m0/s1. The van der Waals surface area contributed by atoms with Gasteiger partial charge in [-0.25, -0.2) is 4.98 Å². The van der Waals surface area contributed by atoms with Gasteiger partial charge in [-0.05, 0) is 69.3 Å². The summed E-state index contributed by atoms with van der Waals surface area (Å²) in [6, 6.07) is 4.10. The SMILES string of the molecule is COc1cc(C)c(-c2nc(CN3CCC[C@H](CO)C3)c(C)o2)cc1C. The lowest BCUT2D eigenvalue weighted by molar-refractivity contribution is 0.115. The maximum atomic E-state index is 9.41. The lowest BCUT2D eigenvalue weighted by atomic mass is 9.99. The lowest BCUT2D eigenvalue weighted by Crippen LogP contribution is -2.36. The first-order valence-electron chi connectivity index (χ1n) is 8.97. The summed E-state index contributed by atoms with van der Waals surface area (Å²) in [6.45, 7) is 9.08. The minimum atomic E-state index is 0.268. The summed E-state index contributed by atoms with van der Waals surface area (Å²) in [4.78, 5) is 7.14. The Hall–Kier alpha value is -1.85. The van der Waals surface area contributed by atoms with Gasteiger partial charge >= 0.3 is 0 Å². The molecule has 3 rings (SSSR count). The molecule has 2 aromatic rings. The number of ether oxygens (including phenoxy) is 1. The Morgan fingerprint density at radius 1 is 1.28 bits per heavy atom. The molecule has 0 unspecified atom stereocenters. The second kappa shape index (κ2) is 7.58. The number of methoxy groups -OCH3 is 1.